The number of amides is 1. The number of hydrogen-bond donors (Lipinski definition) is 1. The molecule has 0 atom stereocenters. The van der Waals surface area contributed by atoms with Crippen LogP contribution < -0.4 is 5.32 Å². The van der Waals surface area contributed by atoms with Gasteiger partial charge in [-0.25, -0.2) is 4.98 Å². The zero-order chi connectivity index (χ0) is 15.9. The first kappa shape index (κ1) is 14.3. The van der Waals surface area contributed by atoms with Gasteiger partial charge in [0.1, 0.15) is 0 Å². The minimum absolute atomic E-state index is 0.116. The van der Waals surface area contributed by atoms with E-state index in [2.05, 4.69) is 10.3 Å². The molecule has 0 saturated carbocycles. The van der Waals surface area contributed by atoms with Crippen LogP contribution in [0.1, 0.15) is 32.9 Å². The summed E-state index contributed by atoms with van der Waals surface area (Å²) in [7, 11) is 0. The number of hydrogen-bond acceptors (Lipinski definition) is 2. The van der Waals surface area contributed by atoms with Crippen molar-refractivity contribution >= 4 is 17.2 Å². The van der Waals surface area contributed by atoms with E-state index >= 15 is 0 Å². The minimum Gasteiger partial charge on any atom is -0.319 e. The fraction of sp³-hybridized carbons (Fsp3) is 0.222. The number of anilines is 1. The molecule has 0 radical (unpaired) electrons. The zero-order valence-corrected chi connectivity index (χ0v) is 13.3. The predicted octanol–water partition coefficient (Wildman–Crippen LogP) is 3.82. The summed E-state index contributed by atoms with van der Waals surface area (Å²) in [5, 5.41) is 2.97. The van der Waals surface area contributed by atoms with E-state index in [1.165, 1.54) is 5.56 Å². The van der Waals surface area contributed by atoms with Crippen molar-refractivity contribution in [3.63, 3.8) is 0 Å². The summed E-state index contributed by atoms with van der Waals surface area (Å²) in [5.74, 6) is -0.116. The fourth-order valence-corrected chi connectivity index (χ4v) is 2.47. The average Bonchev–Trinajstić information content (AvgIpc) is 2.79. The Labute approximate surface area is 129 Å². The van der Waals surface area contributed by atoms with E-state index in [0.717, 1.165) is 28.3 Å². The van der Waals surface area contributed by atoms with Gasteiger partial charge in [0, 0.05) is 17.5 Å². The van der Waals surface area contributed by atoms with Crippen molar-refractivity contribution in [2.45, 2.75) is 27.7 Å². The average molecular weight is 293 g/mol. The van der Waals surface area contributed by atoms with Crippen molar-refractivity contribution < 1.29 is 4.79 Å². The van der Waals surface area contributed by atoms with Crippen LogP contribution >= 0.6 is 0 Å². The van der Waals surface area contributed by atoms with Crippen LogP contribution in [0.5, 0.6) is 0 Å². The number of nitrogens with zero attached hydrogens (tertiary/aromatic N) is 2. The number of benzene rings is 1. The Kier molecular flexibility index (Phi) is 3.45. The minimum atomic E-state index is -0.116. The SMILES string of the molecule is Cc1ccc(C(=O)Nc2cccn3c(C)c(C)nc23)cc1C. The van der Waals surface area contributed by atoms with Gasteiger partial charge in [-0.05, 0) is 63.1 Å². The maximum absolute atomic E-state index is 12.5. The number of imidazole rings is 1. The van der Waals surface area contributed by atoms with E-state index in [1.54, 1.807) is 0 Å². The normalized spacial score (nSPS) is 10.9. The Hall–Kier alpha value is -2.62. The summed E-state index contributed by atoms with van der Waals surface area (Å²) in [6, 6.07) is 9.51. The van der Waals surface area contributed by atoms with Gasteiger partial charge in [-0.1, -0.05) is 6.07 Å². The molecule has 0 aliphatic carbocycles. The lowest BCUT2D eigenvalue weighted by molar-refractivity contribution is 0.102. The number of rotatable bonds is 2. The predicted molar refractivity (Wildman–Crippen MR) is 88.5 cm³/mol. The topological polar surface area (TPSA) is 46.4 Å². The molecule has 2 aromatic heterocycles. The quantitative estimate of drug-likeness (QED) is 0.780. The summed E-state index contributed by atoms with van der Waals surface area (Å²) in [6.45, 7) is 8.03. The Morgan fingerprint density at radius 2 is 1.86 bits per heavy atom. The summed E-state index contributed by atoms with van der Waals surface area (Å²) >= 11 is 0. The molecule has 0 aliphatic rings. The van der Waals surface area contributed by atoms with Crippen LogP contribution in [0.15, 0.2) is 36.5 Å². The van der Waals surface area contributed by atoms with Crippen LogP contribution in [0.4, 0.5) is 5.69 Å². The van der Waals surface area contributed by atoms with Crippen LogP contribution in [0.25, 0.3) is 5.65 Å². The maximum Gasteiger partial charge on any atom is 0.255 e. The molecule has 0 unspecified atom stereocenters. The van der Waals surface area contributed by atoms with Gasteiger partial charge in [0.15, 0.2) is 5.65 Å². The van der Waals surface area contributed by atoms with E-state index in [9.17, 15) is 4.79 Å². The first-order valence-electron chi connectivity index (χ1n) is 7.30. The maximum atomic E-state index is 12.5. The monoisotopic (exact) mass is 293 g/mol. The number of carbonyl (C=O) groups excluding carboxylic acids is 1. The molecule has 1 aromatic carbocycles. The van der Waals surface area contributed by atoms with Crippen molar-refractivity contribution in [3.8, 4) is 0 Å². The van der Waals surface area contributed by atoms with Crippen LogP contribution in [0, 0.1) is 27.7 Å². The third-order valence-electron chi connectivity index (χ3n) is 4.14. The van der Waals surface area contributed by atoms with Gasteiger partial charge in [-0.15, -0.1) is 0 Å². The molecule has 0 fully saturated rings. The lowest BCUT2D eigenvalue weighted by Crippen LogP contribution is -2.13. The van der Waals surface area contributed by atoms with E-state index in [1.807, 2.05) is 68.6 Å². The van der Waals surface area contributed by atoms with E-state index in [-0.39, 0.29) is 5.91 Å². The smallest absolute Gasteiger partial charge is 0.255 e. The highest BCUT2D eigenvalue weighted by Gasteiger charge is 2.12. The van der Waals surface area contributed by atoms with Gasteiger partial charge >= 0.3 is 0 Å². The Balaban J connectivity index is 1.97. The molecule has 4 nitrogen and oxygen atoms in total. The molecular formula is C18H19N3O. The van der Waals surface area contributed by atoms with Crippen LogP contribution in [-0.4, -0.2) is 15.3 Å². The largest absolute Gasteiger partial charge is 0.319 e. The van der Waals surface area contributed by atoms with Gasteiger partial charge in [-0.2, -0.15) is 0 Å². The standard InChI is InChI=1S/C18H19N3O/c1-11-7-8-15(10-12(11)2)18(22)20-16-6-5-9-21-14(4)13(3)19-17(16)21/h5-10H,1-4H3,(H,20,22). The van der Waals surface area contributed by atoms with Crippen molar-refractivity contribution in [1.82, 2.24) is 9.38 Å². The van der Waals surface area contributed by atoms with Crippen LogP contribution in [-0.2, 0) is 0 Å². The molecule has 3 rings (SSSR count). The van der Waals surface area contributed by atoms with Crippen molar-refractivity contribution in [3.05, 3.63) is 64.6 Å². The molecule has 1 amide bonds. The van der Waals surface area contributed by atoms with Gasteiger partial charge in [-0.3, -0.25) is 4.79 Å². The van der Waals surface area contributed by atoms with Crippen molar-refractivity contribution in [2.24, 2.45) is 0 Å². The van der Waals surface area contributed by atoms with E-state index in [4.69, 9.17) is 0 Å². The second kappa shape index (κ2) is 5.30. The summed E-state index contributed by atoms with van der Waals surface area (Å²) < 4.78 is 1.99. The Bertz CT molecular complexity index is 877. The highest BCUT2D eigenvalue weighted by Crippen LogP contribution is 2.20. The summed E-state index contributed by atoms with van der Waals surface area (Å²) in [4.78, 5) is 17.0. The first-order valence-corrected chi connectivity index (χ1v) is 7.30. The molecule has 2 heterocycles. The number of fused-ring (bicyclic) bond motifs is 1. The van der Waals surface area contributed by atoms with Crippen LogP contribution in [0.2, 0.25) is 0 Å². The Morgan fingerprint density at radius 3 is 2.59 bits per heavy atom. The third kappa shape index (κ3) is 2.37. The summed E-state index contributed by atoms with van der Waals surface area (Å²) in [6.07, 6.45) is 1.95. The third-order valence-corrected chi connectivity index (χ3v) is 4.14. The molecular weight excluding hydrogens is 274 g/mol. The fourth-order valence-electron chi connectivity index (χ4n) is 2.47. The highest BCUT2D eigenvalue weighted by molar-refractivity contribution is 6.06. The van der Waals surface area contributed by atoms with Crippen molar-refractivity contribution in [1.29, 1.82) is 0 Å². The number of pyridine rings is 1. The van der Waals surface area contributed by atoms with E-state index < -0.39 is 0 Å². The second-order valence-corrected chi connectivity index (χ2v) is 5.65. The Morgan fingerprint density at radius 1 is 1.09 bits per heavy atom. The molecule has 3 aromatic rings. The van der Waals surface area contributed by atoms with Gasteiger partial charge in [0.25, 0.3) is 5.91 Å². The first-order chi connectivity index (χ1) is 10.5. The lowest BCUT2D eigenvalue weighted by atomic mass is 10.1. The van der Waals surface area contributed by atoms with E-state index in [0.29, 0.717) is 5.56 Å². The second-order valence-electron chi connectivity index (χ2n) is 5.65. The molecule has 0 bridgehead atoms. The van der Waals surface area contributed by atoms with Gasteiger partial charge < -0.3 is 9.72 Å². The zero-order valence-electron chi connectivity index (χ0n) is 13.3. The highest BCUT2D eigenvalue weighted by atomic mass is 16.1. The lowest BCUT2D eigenvalue weighted by Gasteiger charge is -2.08. The molecule has 22 heavy (non-hydrogen) atoms. The molecule has 0 saturated heterocycles. The number of carbonyl (C=O) groups is 1. The number of aryl methyl sites for hydroxylation is 4. The summed E-state index contributed by atoms with van der Waals surface area (Å²) in [5.41, 5.74) is 6.49. The van der Waals surface area contributed by atoms with Crippen LogP contribution in [0.3, 0.4) is 0 Å². The molecule has 112 valence electrons. The molecule has 0 spiro atoms. The van der Waals surface area contributed by atoms with Gasteiger partial charge in [0.05, 0.1) is 11.4 Å². The number of aromatic nitrogens is 2. The van der Waals surface area contributed by atoms with Crippen molar-refractivity contribution in [2.75, 3.05) is 5.32 Å². The number of nitrogens with one attached hydrogen (secondary N) is 1. The molecule has 0 aliphatic heterocycles. The molecule has 1 N–H and O–H groups in total. The van der Waals surface area contributed by atoms with Gasteiger partial charge in [0.2, 0.25) is 0 Å². The molecule has 4 heteroatoms.